The lowest BCUT2D eigenvalue weighted by Crippen LogP contribution is -2.43. The highest BCUT2D eigenvalue weighted by Crippen LogP contribution is 2.42. The lowest BCUT2D eigenvalue weighted by Gasteiger charge is -2.34. The van der Waals surface area contributed by atoms with Crippen LogP contribution < -0.4 is 5.32 Å². The fourth-order valence-electron chi connectivity index (χ4n) is 4.59. The van der Waals surface area contributed by atoms with E-state index in [1.807, 2.05) is 35.0 Å². The van der Waals surface area contributed by atoms with E-state index < -0.39 is 0 Å². The molecule has 7 nitrogen and oxygen atoms in total. The van der Waals surface area contributed by atoms with Gasteiger partial charge in [0.25, 0.3) is 11.8 Å². The Labute approximate surface area is 182 Å². The van der Waals surface area contributed by atoms with Gasteiger partial charge in [-0.15, -0.1) is 10.2 Å². The molecule has 1 N–H and O–H groups in total. The molecule has 3 aromatic rings. The summed E-state index contributed by atoms with van der Waals surface area (Å²) in [4.78, 5) is 13.0. The Morgan fingerprint density at radius 2 is 1.97 bits per heavy atom. The van der Waals surface area contributed by atoms with Crippen LogP contribution in [0.5, 0.6) is 0 Å². The van der Waals surface area contributed by atoms with Crippen LogP contribution in [-0.4, -0.2) is 31.9 Å². The highest BCUT2D eigenvalue weighted by molar-refractivity contribution is 5.95. The fourth-order valence-corrected chi connectivity index (χ4v) is 4.59. The van der Waals surface area contributed by atoms with E-state index in [1.54, 1.807) is 6.92 Å². The Balaban J connectivity index is 1.42. The molecule has 162 valence electrons. The van der Waals surface area contributed by atoms with Crippen LogP contribution in [0.1, 0.15) is 73.8 Å². The molecule has 0 saturated heterocycles. The highest BCUT2D eigenvalue weighted by Gasteiger charge is 2.31. The Kier molecular flexibility index (Phi) is 5.12. The van der Waals surface area contributed by atoms with Crippen molar-refractivity contribution in [1.82, 2.24) is 25.3 Å². The fraction of sp³-hybridized carbons (Fsp3) is 0.500. The zero-order valence-corrected chi connectivity index (χ0v) is 18.3. The maximum absolute atomic E-state index is 13.0. The quantitative estimate of drug-likeness (QED) is 0.650. The molecule has 0 aliphatic heterocycles. The van der Waals surface area contributed by atoms with E-state index in [4.69, 9.17) is 9.52 Å². The van der Waals surface area contributed by atoms with Crippen molar-refractivity contribution < 1.29 is 9.21 Å². The van der Waals surface area contributed by atoms with Crippen molar-refractivity contribution in [1.29, 1.82) is 0 Å². The van der Waals surface area contributed by atoms with Gasteiger partial charge in [0.2, 0.25) is 5.89 Å². The number of hydrogen-bond acceptors (Lipinski definition) is 5. The van der Waals surface area contributed by atoms with Crippen molar-refractivity contribution in [2.45, 2.75) is 64.8 Å². The standard InChI is InChI=1S/C24H29N5O2/c1-14-6-4-9-20(15(14)2)25-23(30)18-7-5-8-19(12-18)29-22(17-10-11-17)13-21(28-29)24-27-26-16(3)31-24/h5,7-8,12-15,17,20H,4,6,9-11H2,1-3H3,(H,25,30)/t14-,15-,20+/m0/s1. The summed E-state index contributed by atoms with van der Waals surface area (Å²) in [6.07, 6.45) is 5.76. The number of nitrogens with one attached hydrogen (secondary N) is 1. The zero-order valence-electron chi connectivity index (χ0n) is 18.3. The van der Waals surface area contributed by atoms with Crippen molar-refractivity contribution in [2.75, 3.05) is 0 Å². The molecule has 2 aromatic heterocycles. The number of amides is 1. The van der Waals surface area contributed by atoms with Crippen LogP contribution in [0.25, 0.3) is 17.3 Å². The minimum absolute atomic E-state index is 0.0133. The van der Waals surface area contributed by atoms with Gasteiger partial charge in [0.05, 0.1) is 5.69 Å². The molecule has 0 radical (unpaired) electrons. The van der Waals surface area contributed by atoms with Crippen LogP contribution in [0.4, 0.5) is 0 Å². The Hall–Kier alpha value is -2.96. The molecule has 2 saturated carbocycles. The summed E-state index contributed by atoms with van der Waals surface area (Å²) >= 11 is 0. The van der Waals surface area contributed by atoms with E-state index in [1.165, 1.54) is 12.8 Å². The minimum atomic E-state index is -0.0133. The maximum Gasteiger partial charge on any atom is 0.268 e. The number of rotatable bonds is 5. The number of aryl methyl sites for hydroxylation is 1. The van der Waals surface area contributed by atoms with Gasteiger partial charge in [-0.2, -0.15) is 5.10 Å². The molecule has 0 unspecified atom stereocenters. The average molecular weight is 420 g/mol. The highest BCUT2D eigenvalue weighted by atomic mass is 16.4. The summed E-state index contributed by atoms with van der Waals surface area (Å²) in [6, 6.07) is 9.98. The van der Waals surface area contributed by atoms with Gasteiger partial charge >= 0.3 is 0 Å². The maximum atomic E-state index is 13.0. The molecule has 3 atom stereocenters. The van der Waals surface area contributed by atoms with Crippen LogP contribution in [0.15, 0.2) is 34.7 Å². The first-order chi connectivity index (χ1) is 15.0. The summed E-state index contributed by atoms with van der Waals surface area (Å²) in [6.45, 7) is 6.30. The van der Waals surface area contributed by atoms with Gasteiger partial charge in [-0.25, -0.2) is 4.68 Å². The molecule has 31 heavy (non-hydrogen) atoms. The van der Waals surface area contributed by atoms with Gasteiger partial charge in [0.15, 0.2) is 0 Å². The zero-order chi connectivity index (χ0) is 21.5. The summed E-state index contributed by atoms with van der Waals surface area (Å²) < 4.78 is 7.50. The van der Waals surface area contributed by atoms with Crippen LogP contribution in [0.3, 0.4) is 0 Å². The molecule has 7 heteroatoms. The van der Waals surface area contributed by atoms with Crippen molar-refractivity contribution in [2.24, 2.45) is 11.8 Å². The second-order valence-corrected chi connectivity index (χ2v) is 9.16. The predicted molar refractivity (Wildman–Crippen MR) is 117 cm³/mol. The van der Waals surface area contributed by atoms with Crippen molar-refractivity contribution in [3.8, 4) is 17.3 Å². The normalized spacial score (nSPS) is 23.6. The molecule has 0 bridgehead atoms. The molecule has 5 rings (SSSR count). The first-order valence-corrected chi connectivity index (χ1v) is 11.3. The number of benzene rings is 1. The molecule has 2 heterocycles. The Morgan fingerprint density at radius 1 is 1.13 bits per heavy atom. The number of hydrogen-bond donors (Lipinski definition) is 1. The number of aromatic nitrogens is 4. The first-order valence-electron chi connectivity index (χ1n) is 11.3. The third-order valence-electron chi connectivity index (χ3n) is 6.85. The number of nitrogens with zero attached hydrogens (tertiary/aromatic N) is 4. The molecular weight excluding hydrogens is 390 g/mol. The lowest BCUT2D eigenvalue weighted by atomic mass is 9.78. The second kappa shape index (κ2) is 7.94. The van der Waals surface area contributed by atoms with E-state index in [9.17, 15) is 4.79 Å². The van der Waals surface area contributed by atoms with Crippen LogP contribution in [0.2, 0.25) is 0 Å². The number of carbonyl (C=O) groups excluding carboxylic acids is 1. The van der Waals surface area contributed by atoms with Crippen molar-refractivity contribution in [3.05, 3.63) is 47.5 Å². The Bertz CT molecular complexity index is 1100. The molecule has 1 amide bonds. The van der Waals surface area contributed by atoms with E-state index in [-0.39, 0.29) is 11.9 Å². The molecule has 2 aliphatic rings. The average Bonchev–Trinajstić information content (AvgIpc) is 3.37. The third kappa shape index (κ3) is 4.01. The summed E-state index contributed by atoms with van der Waals surface area (Å²) in [5.41, 5.74) is 3.33. The van der Waals surface area contributed by atoms with E-state index in [2.05, 4.69) is 29.4 Å². The van der Waals surface area contributed by atoms with Gasteiger partial charge in [-0.1, -0.05) is 32.8 Å². The summed E-state index contributed by atoms with van der Waals surface area (Å²) in [7, 11) is 0. The lowest BCUT2D eigenvalue weighted by molar-refractivity contribution is 0.0891. The summed E-state index contributed by atoms with van der Waals surface area (Å²) in [5, 5.41) is 16.1. The van der Waals surface area contributed by atoms with Gasteiger partial charge in [-0.05, 0) is 55.4 Å². The molecule has 0 spiro atoms. The van der Waals surface area contributed by atoms with E-state index in [0.717, 1.165) is 30.6 Å². The second-order valence-electron chi connectivity index (χ2n) is 9.16. The van der Waals surface area contributed by atoms with Gasteiger partial charge in [0.1, 0.15) is 5.69 Å². The topological polar surface area (TPSA) is 85.8 Å². The SMILES string of the molecule is Cc1nnc(-c2cc(C3CC3)n(-c3cccc(C(=O)N[C@@H]4CCC[C@H](C)[C@@H]4C)c3)n2)o1. The molecule has 2 fully saturated rings. The van der Waals surface area contributed by atoms with Crippen LogP contribution >= 0.6 is 0 Å². The largest absolute Gasteiger partial charge is 0.420 e. The molecule has 1 aromatic carbocycles. The van der Waals surface area contributed by atoms with E-state index >= 15 is 0 Å². The van der Waals surface area contributed by atoms with Crippen molar-refractivity contribution in [3.63, 3.8) is 0 Å². The molecule has 2 aliphatic carbocycles. The van der Waals surface area contributed by atoms with Crippen molar-refractivity contribution >= 4 is 5.91 Å². The van der Waals surface area contributed by atoms with Gasteiger partial charge in [-0.3, -0.25) is 4.79 Å². The van der Waals surface area contributed by atoms with Gasteiger partial charge < -0.3 is 9.73 Å². The monoisotopic (exact) mass is 419 g/mol. The number of carbonyl (C=O) groups is 1. The van der Waals surface area contributed by atoms with Crippen LogP contribution in [-0.2, 0) is 0 Å². The van der Waals surface area contributed by atoms with Gasteiger partial charge in [0, 0.05) is 30.1 Å². The van der Waals surface area contributed by atoms with Crippen LogP contribution in [0, 0.1) is 18.8 Å². The minimum Gasteiger partial charge on any atom is -0.420 e. The Morgan fingerprint density at radius 3 is 2.71 bits per heavy atom. The summed E-state index contributed by atoms with van der Waals surface area (Å²) in [5.74, 6) is 2.54. The smallest absolute Gasteiger partial charge is 0.268 e. The molecular formula is C24H29N5O2. The van der Waals surface area contributed by atoms with E-state index in [0.29, 0.717) is 40.8 Å². The first kappa shape index (κ1) is 20.0. The predicted octanol–water partition coefficient (Wildman–Crippen LogP) is 4.66. The third-order valence-corrected chi connectivity index (χ3v) is 6.85.